The Labute approximate surface area is 116 Å². The number of rotatable bonds is 5. The summed E-state index contributed by atoms with van der Waals surface area (Å²) in [4.78, 5) is 2.34. The number of nitrogens with zero attached hydrogens (tertiary/aromatic N) is 1. The van der Waals surface area contributed by atoms with Crippen LogP contribution in [0.2, 0.25) is 0 Å². The van der Waals surface area contributed by atoms with Crippen molar-refractivity contribution in [3.05, 3.63) is 65.2 Å². The summed E-state index contributed by atoms with van der Waals surface area (Å²) < 4.78 is 0. The first kappa shape index (κ1) is 13.6. The first-order chi connectivity index (χ1) is 9.19. The van der Waals surface area contributed by atoms with E-state index in [1.807, 2.05) is 7.05 Å². The highest BCUT2D eigenvalue weighted by molar-refractivity contribution is 5.43. The molecule has 0 saturated heterocycles. The second-order valence-electron chi connectivity index (χ2n) is 5.05. The zero-order valence-corrected chi connectivity index (χ0v) is 12.0. The standard InChI is InChI=1S/C17H22N2/c1-14-6-4-5-7-16(14)13-19(3)12-15-8-10-17(18-2)11-9-15/h4-11,18H,12-13H2,1-3H3. The van der Waals surface area contributed by atoms with Gasteiger partial charge in [-0.25, -0.2) is 0 Å². The van der Waals surface area contributed by atoms with E-state index in [0.717, 1.165) is 18.8 Å². The summed E-state index contributed by atoms with van der Waals surface area (Å²) in [6, 6.07) is 17.2. The molecule has 2 aromatic rings. The second kappa shape index (κ2) is 6.39. The number of nitrogens with one attached hydrogen (secondary N) is 1. The van der Waals surface area contributed by atoms with Gasteiger partial charge in [0.15, 0.2) is 0 Å². The molecule has 2 nitrogen and oxygen atoms in total. The molecule has 0 saturated carbocycles. The fraction of sp³-hybridized carbons (Fsp3) is 0.294. The summed E-state index contributed by atoms with van der Waals surface area (Å²) in [5.74, 6) is 0. The van der Waals surface area contributed by atoms with Gasteiger partial charge < -0.3 is 5.32 Å². The average molecular weight is 254 g/mol. The molecule has 2 aromatic carbocycles. The first-order valence-corrected chi connectivity index (χ1v) is 6.69. The molecule has 2 rings (SSSR count). The molecule has 0 atom stereocenters. The third kappa shape index (κ3) is 3.83. The minimum absolute atomic E-state index is 0.971. The molecule has 0 bridgehead atoms. The smallest absolute Gasteiger partial charge is 0.0337 e. The Morgan fingerprint density at radius 3 is 2.26 bits per heavy atom. The van der Waals surface area contributed by atoms with Crippen LogP contribution >= 0.6 is 0 Å². The largest absolute Gasteiger partial charge is 0.388 e. The molecule has 0 unspecified atom stereocenters. The molecule has 1 N–H and O–H groups in total. The molecule has 0 fully saturated rings. The lowest BCUT2D eigenvalue weighted by atomic mass is 10.1. The Kier molecular flexibility index (Phi) is 4.58. The van der Waals surface area contributed by atoms with Gasteiger partial charge in [0.1, 0.15) is 0 Å². The molecular formula is C17H22N2. The molecule has 0 radical (unpaired) electrons. The van der Waals surface area contributed by atoms with E-state index in [-0.39, 0.29) is 0 Å². The van der Waals surface area contributed by atoms with Gasteiger partial charge in [0.2, 0.25) is 0 Å². The highest BCUT2D eigenvalue weighted by atomic mass is 15.1. The zero-order chi connectivity index (χ0) is 13.7. The van der Waals surface area contributed by atoms with E-state index in [9.17, 15) is 0 Å². The van der Waals surface area contributed by atoms with E-state index in [2.05, 4.69) is 72.7 Å². The van der Waals surface area contributed by atoms with Crippen LogP contribution in [0.5, 0.6) is 0 Å². The first-order valence-electron chi connectivity index (χ1n) is 6.69. The molecule has 0 heterocycles. The molecule has 2 heteroatoms. The Morgan fingerprint density at radius 1 is 0.947 bits per heavy atom. The topological polar surface area (TPSA) is 15.3 Å². The monoisotopic (exact) mass is 254 g/mol. The van der Waals surface area contributed by atoms with Crippen LogP contribution in [-0.4, -0.2) is 19.0 Å². The van der Waals surface area contributed by atoms with Crippen LogP contribution in [0.15, 0.2) is 48.5 Å². The van der Waals surface area contributed by atoms with Gasteiger partial charge in [-0.15, -0.1) is 0 Å². The van der Waals surface area contributed by atoms with Crippen molar-refractivity contribution in [1.82, 2.24) is 4.90 Å². The second-order valence-corrected chi connectivity index (χ2v) is 5.05. The maximum absolute atomic E-state index is 3.14. The molecule has 0 aliphatic heterocycles. The van der Waals surface area contributed by atoms with E-state index >= 15 is 0 Å². The number of hydrogen-bond acceptors (Lipinski definition) is 2. The van der Waals surface area contributed by atoms with Gasteiger partial charge in [-0.2, -0.15) is 0 Å². The molecule has 0 aliphatic carbocycles. The lowest BCUT2D eigenvalue weighted by Gasteiger charge is -2.18. The van der Waals surface area contributed by atoms with Gasteiger partial charge in [0, 0.05) is 25.8 Å². The Balaban J connectivity index is 1.97. The minimum atomic E-state index is 0.971. The molecule has 0 aliphatic rings. The number of aryl methyl sites for hydroxylation is 1. The van der Waals surface area contributed by atoms with E-state index in [1.165, 1.54) is 16.7 Å². The molecule has 0 amide bonds. The minimum Gasteiger partial charge on any atom is -0.388 e. The van der Waals surface area contributed by atoms with Gasteiger partial charge in [-0.05, 0) is 42.8 Å². The summed E-state index contributed by atoms with van der Waals surface area (Å²) >= 11 is 0. The van der Waals surface area contributed by atoms with Gasteiger partial charge in [-0.1, -0.05) is 36.4 Å². The zero-order valence-electron chi connectivity index (χ0n) is 12.0. The summed E-state index contributed by atoms with van der Waals surface area (Å²) in [5.41, 5.74) is 5.26. The third-order valence-corrected chi connectivity index (χ3v) is 3.40. The van der Waals surface area contributed by atoms with Crippen molar-refractivity contribution in [2.75, 3.05) is 19.4 Å². The molecule has 100 valence electrons. The van der Waals surface area contributed by atoms with E-state index in [4.69, 9.17) is 0 Å². The van der Waals surface area contributed by atoms with Crippen LogP contribution in [0.1, 0.15) is 16.7 Å². The highest BCUT2D eigenvalue weighted by Crippen LogP contribution is 2.13. The average Bonchev–Trinajstić information content (AvgIpc) is 2.42. The van der Waals surface area contributed by atoms with Crippen LogP contribution in [0, 0.1) is 6.92 Å². The van der Waals surface area contributed by atoms with Crippen molar-refractivity contribution in [2.24, 2.45) is 0 Å². The lowest BCUT2D eigenvalue weighted by Crippen LogP contribution is -2.17. The van der Waals surface area contributed by atoms with Crippen molar-refractivity contribution >= 4 is 5.69 Å². The number of hydrogen-bond donors (Lipinski definition) is 1. The fourth-order valence-corrected chi connectivity index (χ4v) is 2.22. The van der Waals surface area contributed by atoms with Gasteiger partial charge >= 0.3 is 0 Å². The summed E-state index contributed by atoms with van der Waals surface area (Å²) in [6.45, 7) is 4.13. The van der Waals surface area contributed by atoms with Crippen LogP contribution in [0.25, 0.3) is 0 Å². The van der Waals surface area contributed by atoms with E-state index < -0.39 is 0 Å². The summed E-state index contributed by atoms with van der Waals surface area (Å²) in [5, 5.41) is 3.14. The normalized spacial score (nSPS) is 10.7. The number of benzene rings is 2. The Bertz CT molecular complexity index is 517. The van der Waals surface area contributed by atoms with Crippen molar-refractivity contribution in [3.8, 4) is 0 Å². The quantitative estimate of drug-likeness (QED) is 0.876. The summed E-state index contributed by atoms with van der Waals surface area (Å²) in [6.07, 6.45) is 0. The Hall–Kier alpha value is -1.80. The molecule has 0 spiro atoms. The van der Waals surface area contributed by atoms with Gasteiger partial charge in [-0.3, -0.25) is 4.90 Å². The molecule has 0 aromatic heterocycles. The van der Waals surface area contributed by atoms with Gasteiger partial charge in [0.25, 0.3) is 0 Å². The maximum Gasteiger partial charge on any atom is 0.0337 e. The van der Waals surface area contributed by atoms with Crippen LogP contribution in [0.3, 0.4) is 0 Å². The molecular weight excluding hydrogens is 232 g/mol. The Morgan fingerprint density at radius 2 is 1.63 bits per heavy atom. The number of anilines is 1. The van der Waals surface area contributed by atoms with Crippen molar-refractivity contribution in [2.45, 2.75) is 20.0 Å². The third-order valence-electron chi connectivity index (χ3n) is 3.40. The van der Waals surface area contributed by atoms with Crippen molar-refractivity contribution in [3.63, 3.8) is 0 Å². The van der Waals surface area contributed by atoms with Crippen LogP contribution < -0.4 is 5.32 Å². The fourth-order valence-electron chi connectivity index (χ4n) is 2.22. The van der Waals surface area contributed by atoms with E-state index in [1.54, 1.807) is 0 Å². The van der Waals surface area contributed by atoms with E-state index in [0.29, 0.717) is 0 Å². The lowest BCUT2D eigenvalue weighted by molar-refractivity contribution is 0.318. The van der Waals surface area contributed by atoms with Crippen LogP contribution in [-0.2, 0) is 13.1 Å². The van der Waals surface area contributed by atoms with Crippen molar-refractivity contribution in [1.29, 1.82) is 0 Å². The van der Waals surface area contributed by atoms with Crippen LogP contribution in [0.4, 0.5) is 5.69 Å². The predicted molar refractivity (Wildman–Crippen MR) is 82.3 cm³/mol. The van der Waals surface area contributed by atoms with Gasteiger partial charge in [0.05, 0.1) is 0 Å². The predicted octanol–water partition coefficient (Wildman–Crippen LogP) is 3.67. The highest BCUT2D eigenvalue weighted by Gasteiger charge is 2.03. The molecule has 19 heavy (non-hydrogen) atoms. The maximum atomic E-state index is 3.14. The SMILES string of the molecule is CNc1ccc(CN(C)Cc2ccccc2C)cc1. The summed E-state index contributed by atoms with van der Waals surface area (Å²) in [7, 11) is 4.11. The van der Waals surface area contributed by atoms with Crippen molar-refractivity contribution < 1.29 is 0 Å².